The van der Waals surface area contributed by atoms with E-state index in [2.05, 4.69) is 34.5 Å². The standard InChI is InChI=1S/C17H31N5O2/c1-14(2)10-16(21-6-4-5-7-21)12-18-17(23)20-15-11-19-22(13-15)8-9-24-3/h11,13-14,16H,4-10,12H2,1-3H3,(H2,18,20,23)/t16-/m0/s1. The van der Waals surface area contributed by atoms with Crippen LogP contribution in [0.1, 0.15) is 33.1 Å². The molecule has 7 heteroatoms. The predicted molar refractivity (Wildman–Crippen MR) is 95.2 cm³/mol. The van der Waals surface area contributed by atoms with E-state index in [0.29, 0.717) is 37.3 Å². The van der Waals surface area contributed by atoms with Crippen LogP contribution < -0.4 is 10.6 Å². The summed E-state index contributed by atoms with van der Waals surface area (Å²) in [5, 5.41) is 10.0. The van der Waals surface area contributed by atoms with Crippen molar-refractivity contribution in [1.82, 2.24) is 20.0 Å². The highest BCUT2D eigenvalue weighted by Crippen LogP contribution is 2.17. The molecule has 0 aromatic carbocycles. The molecule has 2 rings (SSSR count). The van der Waals surface area contributed by atoms with Gasteiger partial charge in [-0.1, -0.05) is 13.8 Å². The number of carbonyl (C=O) groups is 1. The molecule has 0 radical (unpaired) electrons. The van der Waals surface area contributed by atoms with E-state index in [4.69, 9.17) is 4.74 Å². The summed E-state index contributed by atoms with van der Waals surface area (Å²) in [6, 6.07) is 0.247. The third-order valence-electron chi connectivity index (χ3n) is 4.31. The number of ether oxygens (including phenoxy) is 1. The van der Waals surface area contributed by atoms with Crippen LogP contribution in [0, 0.1) is 5.92 Å². The maximum absolute atomic E-state index is 12.1. The highest BCUT2D eigenvalue weighted by atomic mass is 16.5. The molecule has 1 aromatic rings. The normalized spacial score (nSPS) is 16.5. The Labute approximate surface area is 144 Å². The monoisotopic (exact) mass is 337 g/mol. The molecule has 1 atom stereocenters. The van der Waals surface area contributed by atoms with Crippen LogP contribution in [0.25, 0.3) is 0 Å². The summed E-state index contributed by atoms with van der Waals surface area (Å²) < 4.78 is 6.77. The summed E-state index contributed by atoms with van der Waals surface area (Å²) >= 11 is 0. The van der Waals surface area contributed by atoms with Crippen molar-refractivity contribution in [3.8, 4) is 0 Å². The lowest BCUT2D eigenvalue weighted by Gasteiger charge is -2.29. The number of urea groups is 1. The van der Waals surface area contributed by atoms with Crippen LogP contribution in [0.15, 0.2) is 12.4 Å². The Morgan fingerprint density at radius 2 is 2.12 bits per heavy atom. The molecule has 7 nitrogen and oxygen atoms in total. The summed E-state index contributed by atoms with van der Waals surface area (Å²) in [6.45, 7) is 8.71. The average Bonchev–Trinajstić information content (AvgIpc) is 3.21. The van der Waals surface area contributed by atoms with Crippen molar-refractivity contribution in [3.05, 3.63) is 12.4 Å². The molecular weight excluding hydrogens is 306 g/mol. The fourth-order valence-corrected chi connectivity index (χ4v) is 3.13. The SMILES string of the molecule is COCCn1cc(NC(=O)NC[C@H](CC(C)C)N2CCCC2)cn1. The van der Waals surface area contributed by atoms with E-state index in [1.54, 1.807) is 18.0 Å². The highest BCUT2D eigenvalue weighted by Gasteiger charge is 2.23. The molecule has 0 bridgehead atoms. The van der Waals surface area contributed by atoms with Gasteiger partial charge in [0.15, 0.2) is 0 Å². The van der Waals surface area contributed by atoms with Crippen molar-refractivity contribution >= 4 is 11.7 Å². The maximum atomic E-state index is 12.1. The number of methoxy groups -OCH3 is 1. The smallest absolute Gasteiger partial charge is 0.319 e. The van der Waals surface area contributed by atoms with Crippen LogP contribution in [0.2, 0.25) is 0 Å². The molecule has 0 aliphatic carbocycles. The lowest BCUT2D eigenvalue weighted by molar-refractivity contribution is 0.183. The molecule has 136 valence electrons. The minimum absolute atomic E-state index is 0.172. The molecule has 2 amide bonds. The molecule has 1 aliphatic heterocycles. The van der Waals surface area contributed by atoms with Gasteiger partial charge in [0, 0.05) is 25.9 Å². The quantitative estimate of drug-likeness (QED) is 0.724. The summed E-state index contributed by atoms with van der Waals surface area (Å²) in [5.41, 5.74) is 0.699. The highest BCUT2D eigenvalue weighted by molar-refractivity contribution is 5.88. The van der Waals surface area contributed by atoms with Gasteiger partial charge < -0.3 is 15.4 Å². The molecule has 2 heterocycles. The molecule has 1 fully saturated rings. The Balaban J connectivity index is 1.78. The summed E-state index contributed by atoms with van der Waals surface area (Å²) in [7, 11) is 1.66. The zero-order valence-electron chi connectivity index (χ0n) is 15.1. The first-order valence-electron chi connectivity index (χ1n) is 8.88. The zero-order valence-corrected chi connectivity index (χ0v) is 15.1. The molecule has 1 aromatic heterocycles. The van der Waals surface area contributed by atoms with Gasteiger partial charge in [0.1, 0.15) is 0 Å². The Morgan fingerprint density at radius 1 is 1.38 bits per heavy atom. The third kappa shape index (κ3) is 6.13. The molecule has 1 aliphatic rings. The number of nitrogens with zero attached hydrogens (tertiary/aromatic N) is 3. The predicted octanol–water partition coefficient (Wildman–Crippen LogP) is 2.16. The number of anilines is 1. The van der Waals surface area contributed by atoms with E-state index in [0.717, 1.165) is 19.5 Å². The number of aromatic nitrogens is 2. The second kappa shape index (κ2) is 9.64. The summed E-state index contributed by atoms with van der Waals surface area (Å²) in [4.78, 5) is 14.6. The van der Waals surface area contributed by atoms with Gasteiger partial charge in [-0.05, 0) is 38.3 Å². The molecule has 0 saturated carbocycles. The number of carbonyl (C=O) groups excluding carboxylic acids is 1. The van der Waals surface area contributed by atoms with E-state index >= 15 is 0 Å². The van der Waals surface area contributed by atoms with Crippen LogP contribution in [0.4, 0.5) is 10.5 Å². The third-order valence-corrected chi connectivity index (χ3v) is 4.31. The maximum Gasteiger partial charge on any atom is 0.319 e. The average molecular weight is 337 g/mol. The summed E-state index contributed by atoms with van der Waals surface area (Å²) in [5.74, 6) is 0.625. The van der Waals surface area contributed by atoms with Gasteiger partial charge in [-0.2, -0.15) is 5.10 Å². The number of nitrogens with one attached hydrogen (secondary N) is 2. The Bertz CT molecular complexity index is 497. The first-order valence-corrected chi connectivity index (χ1v) is 8.88. The van der Waals surface area contributed by atoms with Gasteiger partial charge in [-0.3, -0.25) is 9.58 Å². The second-order valence-electron chi connectivity index (χ2n) is 6.85. The number of likely N-dealkylation sites (tertiary alicyclic amines) is 1. The van der Waals surface area contributed by atoms with E-state index in [1.165, 1.54) is 12.8 Å². The minimum atomic E-state index is -0.172. The van der Waals surface area contributed by atoms with Gasteiger partial charge in [-0.15, -0.1) is 0 Å². The van der Waals surface area contributed by atoms with Gasteiger partial charge >= 0.3 is 6.03 Å². The van der Waals surface area contributed by atoms with Crippen molar-refractivity contribution in [2.45, 2.75) is 45.7 Å². The van der Waals surface area contributed by atoms with Crippen LogP contribution in [0.3, 0.4) is 0 Å². The lowest BCUT2D eigenvalue weighted by atomic mass is 10.0. The van der Waals surface area contributed by atoms with Crippen molar-refractivity contribution in [3.63, 3.8) is 0 Å². The first-order chi connectivity index (χ1) is 11.6. The molecule has 0 spiro atoms. The molecule has 1 saturated heterocycles. The number of amides is 2. The van der Waals surface area contributed by atoms with E-state index in [9.17, 15) is 4.79 Å². The minimum Gasteiger partial charge on any atom is -0.383 e. The lowest BCUT2D eigenvalue weighted by Crippen LogP contribution is -2.44. The number of hydrogen-bond donors (Lipinski definition) is 2. The molecule has 2 N–H and O–H groups in total. The van der Waals surface area contributed by atoms with Crippen molar-refractivity contribution in [2.75, 3.05) is 38.7 Å². The van der Waals surface area contributed by atoms with Gasteiger partial charge in [0.2, 0.25) is 0 Å². The fourth-order valence-electron chi connectivity index (χ4n) is 3.13. The molecule has 24 heavy (non-hydrogen) atoms. The largest absolute Gasteiger partial charge is 0.383 e. The fraction of sp³-hybridized carbons (Fsp3) is 0.765. The topological polar surface area (TPSA) is 71.4 Å². The van der Waals surface area contributed by atoms with Gasteiger partial charge in [0.25, 0.3) is 0 Å². The number of rotatable bonds is 9. The Kier molecular flexibility index (Phi) is 7.52. The van der Waals surface area contributed by atoms with E-state index in [1.807, 2.05) is 6.20 Å². The van der Waals surface area contributed by atoms with Crippen LogP contribution in [-0.2, 0) is 11.3 Å². The Morgan fingerprint density at radius 3 is 2.79 bits per heavy atom. The Hall–Kier alpha value is -1.60. The van der Waals surface area contributed by atoms with Crippen molar-refractivity contribution in [1.29, 1.82) is 0 Å². The van der Waals surface area contributed by atoms with Crippen molar-refractivity contribution < 1.29 is 9.53 Å². The molecular formula is C17H31N5O2. The first kappa shape index (κ1) is 18.7. The van der Waals surface area contributed by atoms with Crippen molar-refractivity contribution in [2.24, 2.45) is 5.92 Å². The summed E-state index contributed by atoms with van der Waals surface area (Å²) in [6.07, 6.45) is 7.10. The van der Waals surface area contributed by atoms with E-state index < -0.39 is 0 Å². The van der Waals surface area contributed by atoms with Crippen LogP contribution in [-0.4, -0.2) is 60.1 Å². The zero-order chi connectivity index (χ0) is 17.4. The molecule has 0 unspecified atom stereocenters. The number of hydrogen-bond acceptors (Lipinski definition) is 4. The second-order valence-corrected chi connectivity index (χ2v) is 6.85. The van der Waals surface area contributed by atoms with Crippen LogP contribution in [0.5, 0.6) is 0 Å². The van der Waals surface area contributed by atoms with Gasteiger partial charge in [-0.25, -0.2) is 4.79 Å². The van der Waals surface area contributed by atoms with Gasteiger partial charge in [0.05, 0.1) is 25.0 Å². The van der Waals surface area contributed by atoms with E-state index in [-0.39, 0.29) is 6.03 Å². The van der Waals surface area contributed by atoms with Crippen LogP contribution >= 0.6 is 0 Å².